The summed E-state index contributed by atoms with van der Waals surface area (Å²) in [5, 5.41) is 18.9. The van der Waals surface area contributed by atoms with Gasteiger partial charge < -0.3 is 5.11 Å². The number of hydrogen-bond donors (Lipinski definition) is 1. The van der Waals surface area contributed by atoms with Gasteiger partial charge in [0, 0.05) is 0 Å². The SMILES string of the molecule is CC(C)c1cc(C#N)cc(C(C)C)c1O. The number of benzene rings is 1. The van der Waals surface area contributed by atoms with E-state index in [4.69, 9.17) is 5.26 Å². The van der Waals surface area contributed by atoms with Crippen molar-refractivity contribution in [2.75, 3.05) is 0 Å². The summed E-state index contributed by atoms with van der Waals surface area (Å²) in [7, 11) is 0. The highest BCUT2D eigenvalue weighted by Crippen LogP contribution is 2.34. The maximum Gasteiger partial charge on any atom is 0.122 e. The summed E-state index contributed by atoms with van der Waals surface area (Å²) in [4.78, 5) is 0. The maximum absolute atomic E-state index is 10.0. The molecule has 1 aromatic carbocycles. The molecule has 2 nitrogen and oxygen atoms in total. The van der Waals surface area contributed by atoms with Crippen LogP contribution in [0.1, 0.15) is 56.2 Å². The van der Waals surface area contributed by atoms with Crippen molar-refractivity contribution >= 4 is 0 Å². The average Bonchev–Trinajstić information content (AvgIpc) is 2.17. The fourth-order valence-corrected chi connectivity index (χ4v) is 1.62. The van der Waals surface area contributed by atoms with Gasteiger partial charge in [-0.1, -0.05) is 27.7 Å². The normalized spacial score (nSPS) is 10.7. The van der Waals surface area contributed by atoms with E-state index in [0.29, 0.717) is 11.3 Å². The predicted molar refractivity (Wildman–Crippen MR) is 61.0 cm³/mol. The van der Waals surface area contributed by atoms with Crippen molar-refractivity contribution in [1.82, 2.24) is 0 Å². The van der Waals surface area contributed by atoms with Gasteiger partial charge in [0.25, 0.3) is 0 Å². The number of rotatable bonds is 2. The zero-order valence-corrected chi connectivity index (χ0v) is 9.70. The van der Waals surface area contributed by atoms with Crippen LogP contribution in [-0.2, 0) is 0 Å². The molecule has 0 bridgehead atoms. The van der Waals surface area contributed by atoms with Crippen molar-refractivity contribution in [1.29, 1.82) is 5.26 Å². The van der Waals surface area contributed by atoms with Crippen molar-refractivity contribution in [3.8, 4) is 11.8 Å². The third-order valence-electron chi connectivity index (χ3n) is 2.54. The highest BCUT2D eigenvalue weighted by Gasteiger charge is 2.14. The molecule has 0 spiro atoms. The molecule has 0 fully saturated rings. The molecule has 0 aromatic heterocycles. The van der Waals surface area contributed by atoms with E-state index in [0.717, 1.165) is 11.1 Å². The van der Waals surface area contributed by atoms with E-state index in [1.54, 1.807) is 12.1 Å². The standard InChI is InChI=1S/C13H17NO/c1-8(2)11-5-10(7-14)6-12(9(3)4)13(11)15/h5-6,8-9,15H,1-4H3. The highest BCUT2D eigenvalue weighted by atomic mass is 16.3. The number of hydrogen-bond acceptors (Lipinski definition) is 2. The third-order valence-corrected chi connectivity index (χ3v) is 2.54. The van der Waals surface area contributed by atoms with Crippen LogP contribution in [0.3, 0.4) is 0 Å². The van der Waals surface area contributed by atoms with Gasteiger partial charge in [0.2, 0.25) is 0 Å². The molecular weight excluding hydrogens is 186 g/mol. The minimum atomic E-state index is 0.232. The molecule has 0 saturated carbocycles. The van der Waals surface area contributed by atoms with Crippen LogP contribution in [0.5, 0.6) is 5.75 Å². The maximum atomic E-state index is 10.0. The van der Waals surface area contributed by atoms with E-state index in [9.17, 15) is 5.11 Å². The van der Waals surface area contributed by atoms with E-state index in [1.807, 2.05) is 27.7 Å². The molecule has 1 N–H and O–H groups in total. The number of phenolic OH excluding ortho intramolecular Hbond substituents is 1. The van der Waals surface area contributed by atoms with Crippen molar-refractivity contribution in [3.05, 3.63) is 28.8 Å². The van der Waals surface area contributed by atoms with Crippen LogP contribution >= 0.6 is 0 Å². The van der Waals surface area contributed by atoms with E-state index < -0.39 is 0 Å². The molecule has 0 heterocycles. The summed E-state index contributed by atoms with van der Waals surface area (Å²) >= 11 is 0. The summed E-state index contributed by atoms with van der Waals surface area (Å²) in [5.74, 6) is 0.811. The van der Waals surface area contributed by atoms with E-state index in [-0.39, 0.29) is 11.8 Å². The summed E-state index contributed by atoms with van der Waals surface area (Å²) in [6.07, 6.45) is 0. The monoisotopic (exact) mass is 203 g/mol. The Bertz CT molecular complexity index is 370. The van der Waals surface area contributed by atoms with Gasteiger partial charge in [0.1, 0.15) is 5.75 Å². The van der Waals surface area contributed by atoms with Gasteiger partial charge in [-0.2, -0.15) is 5.26 Å². The first-order chi connectivity index (χ1) is 6.97. The molecule has 0 aliphatic rings. The molecule has 2 heteroatoms. The molecule has 0 atom stereocenters. The number of nitrogens with zero attached hydrogens (tertiary/aromatic N) is 1. The Morgan fingerprint density at radius 3 is 1.73 bits per heavy atom. The Labute approximate surface area is 91.2 Å². The van der Waals surface area contributed by atoms with Gasteiger partial charge in [-0.25, -0.2) is 0 Å². The molecule has 0 aliphatic heterocycles. The van der Waals surface area contributed by atoms with Crippen LogP contribution < -0.4 is 0 Å². The van der Waals surface area contributed by atoms with Gasteiger partial charge in [-0.15, -0.1) is 0 Å². The van der Waals surface area contributed by atoms with Crippen molar-refractivity contribution in [3.63, 3.8) is 0 Å². The Kier molecular flexibility index (Phi) is 3.36. The molecule has 80 valence electrons. The van der Waals surface area contributed by atoms with E-state index in [2.05, 4.69) is 6.07 Å². The fourth-order valence-electron chi connectivity index (χ4n) is 1.62. The molecule has 0 unspecified atom stereocenters. The summed E-state index contributed by atoms with van der Waals surface area (Å²) in [6, 6.07) is 5.67. The molecule has 15 heavy (non-hydrogen) atoms. The number of phenols is 1. The Hall–Kier alpha value is -1.49. The molecule has 1 aromatic rings. The highest BCUT2D eigenvalue weighted by molar-refractivity contribution is 5.49. The number of nitriles is 1. The molecule has 0 aliphatic carbocycles. The summed E-state index contributed by atoms with van der Waals surface area (Å²) in [6.45, 7) is 8.06. The Balaban J connectivity index is 3.42. The van der Waals surface area contributed by atoms with Crippen molar-refractivity contribution in [2.45, 2.75) is 39.5 Å². The zero-order valence-electron chi connectivity index (χ0n) is 9.70. The molecular formula is C13H17NO. The predicted octanol–water partition coefficient (Wildman–Crippen LogP) is 3.51. The first-order valence-electron chi connectivity index (χ1n) is 5.24. The lowest BCUT2D eigenvalue weighted by atomic mass is 9.92. The van der Waals surface area contributed by atoms with Crippen LogP contribution in [0.2, 0.25) is 0 Å². The van der Waals surface area contributed by atoms with E-state index >= 15 is 0 Å². The minimum Gasteiger partial charge on any atom is -0.507 e. The summed E-state index contributed by atoms with van der Waals surface area (Å²) in [5.41, 5.74) is 2.34. The average molecular weight is 203 g/mol. The van der Waals surface area contributed by atoms with Crippen LogP contribution in [-0.4, -0.2) is 5.11 Å². The topological polar surface area (TPSA) is 44.0 Å². The lowest BCUT2D eigenvalue weighted by Gasteiger charge is -2.15. The van der Waals surface area contributed by atoms with Crippen molar-refractivity contribution in [2.24, 2.45) is 0 Å². The molecule has 0 saturated heterocycles. The second-order valence-corrected chi connectivity index (χ2v) is 4.42. The minimum absolute atomic E-state index is 0.232. The van der Waals surface area contributed by atoms with Gasteiger partial charge in [0.05, 0.1) is 11.6 Å². The van der Waals surface area contributed by atoms with Crippen molar-refractivity contribution < 1.29 is 5.11 Å². The van der Waals surface area contributed by atoms with Crippen LogP contribution in [0.4, 0.5) is 0 Å². The van der Waals surface area contributed by atoms with E-state index in [1.165, 1.54) is 0 Å². The molecule has 0 amide bonds. The Morgan fingerprint density at radius 2 is 1.47 bits per heavy atom. The quantitative estimate of drug-likeness (QED) is 0.799. The van der Waals surface area contributed by atoms with Crippen LogP contribution in [0.25, 0.3) is 0 Å². The lowest BCUT2D eigenvalue weighted by Crippen LogP contribution is -1.97. The molecule has 0 radical (unpaired) electrons. The van der Waals surface area contributed by atoms with Gasteiger partial charge >= 0.3 is 0 Å². The largest absolute Gasteiger partial charge is 0.507 e. The zero-order chi connectivity index (χ0) is 11.6. The number of aromatic hydroxyl groups is 1. The molecule has 1 rings (SSSR count). The van der Waals surface area contributed by atoms with Gasteiger partial charge in [0.15, 0.2) is 0 Å². The van der Waals surface area contributed by atoms with Gasteiger partial charge in [-0.3, -0.25) is 0 Å². The summed E-state index contributed by atoms with van der Waals surface area (Å²) < 4.78 is 0. The first kappa shape index (κ1) is 11.6. The second kappa shape index (κ2) is 4.35. The lowest BCUT2D eigenvalue weighted by molar-refractivity contribution is 0.454. The fraction of sp³-hybridized carbons (Fsp3) is 0.462. The second-order valence-electron chi connectivity index (χ2n) is 4.42. The smallest absolute Gasteiger partial charge is 0.122 e. The third kappa shape index (κ3) is 2.30. The van der Waals surface area contributed by atoms with Crippen LogP contribution in [0.15, 0.2) is 12.1 Å². The first-order valence-corrected chi connectivity index (χ1v) is 5.24. The Morgan fingerprint density at radius 1 is 1.07 bits per heavy atom. The van der Waals surface area contributed by atoms with Crippen LogP contribution in [0, 0.1) is 11.3 Å². The van der Waals surface area contributed by atoms with Gasteiger partial charge in [-0.05, 0) is 35.1 Å².